The van der Waals surface area contributed by atoms with Gasteiger partial charge in [0, 0.05) is 18.8 Å². The fraction of sp³-hybridized carbons (Fsp3) is 0.538. The summed E-state index contributed by atoms with van der Waals surface area (Å²) in [6.45, 7) is 5.31. The van der Waals surface area contributed by atoms with Gasteiger partial charge in [0.25, 0.3) is 5.56 Å². The second-order valence-corrected chi connectivity index (χ2v) is 5.92. The van der Waals surface area contributed by atoms with Crippen LogP contribution in [0, 0.1) is 18.3 Å². The first-order chi connectivity index (χ1) is 9.06. The summed E-state index contributed by atoms with van der Waals surface area (Å²) in [5.74, 6) is 4.44. The first-order valence-electron chi connectivity index (χ1n) is 6.07. The molecule has 4 nitrogen and oxygen atoms in total. The molecule has 0 bridgehead atoms. The lowest BCUT2D eigenvalue weighted by Crippen LogP contribution is -2.26. The summed E-state index contributed by atoms with van der Waals surface area (Å²) in [7, 11) is 0. The van der Waals surface area contributed by atoms with Crippen LogP contribution in [-0.4, -0.2) is 27.8 Å². The predicted molar refractivity (Wildman–Crippen MR) is 83.0 cm³/mol. The number of aromatic nitrogens is 2. The van der Waals surface area contributed by atoms with Crippen LogP contribution in [0.1, 0.15) is 13.8 Å². The van der Waals surface area contributed by atoms with Crippen molar-refractivity contribution in [3.8, 4) is 12.3 Å². The van der Waals surface area contributed by atoms with Crippen LogP contribution in [0.4, 0.5) is 5.69 Å². The molecular weight excluding hydrogens is 282 g/mol. The van der Waals surface area contributed by atoms with Crippen molar-refractivity contribution in [2.45, 2.75) is 20.4 Å². The first kappa shape index (κ1) is 15.9. The number of nitrogens with zero attached hydrogens (tertiary/aromatic N) is 2. The van der Waals surface area contributed by atoms with Crippen LogP contribution in [0.3, 0.4) is 0 Å². The van der Waals surface area contributed by atoms with Crippen molar-refractivity contribution in [2.75, 3.05) is 23.4 Å². The van der Waals surface area contributed by atoms with E-state index in [0.29, 0.717) is 30.4 Å². The maximum atomic E-state index is 12.0. The monoisotopic (exact) mass is 299 g/mol. The number of anilines is 1. The lowest BCUT2D eigenvalue weighted by Gasteiger charge is -2.11. The van der Waals surface area contributed by atoms with Gasteiger partial charge < -0.3 is 5.32 Å². The van der Waals surface area contributed by atoms with E-state index in [-0.39, 0.29) is 10.6 Å². The molecule has 0 saturated heterocycles. The molecule has 6 heteroatoms. The highest BCUT2D eigenvalue weighted by molar-refractivity contribution is 7.99. The number of hydrogen-bond donors (Lipinski definition) is 1. The van der Waals surface area contributed by atoms with Gasteiger partial charge in [-0.2, -0.15) is 5.10 Å². The van der Waals surface area contributed by atoms with Crippen molar-refractivity contribution in [1.82, 2.24) is 9.78 Å². The van der Waals surface area contributed by atoms with Crippen molar-refractivity contribution in [2.24, 2.45) is 5.92 Å². The highest BCUT2D eigenvalue weighted by atomic mass is 35.5. The first-order valence-corrected chi connectivity index (χ1v) is 7.60. The topological polar surface area (TPSA) is 46.9 Å². The van der Waals surface area contributed by atoms with Crippen molar-refractivity contribution in [3.63, 3.8) is 0 Å². The van der Waals surface area contributed by atoms with Crippen molar-refractivity contribution in [1.29, 1.82) is 0 Å². The largest absolute Gasteiger partial charge is 0.382 e. The minimum Gasteiger partial charge on any atom is -0.382 e. The molecule has 0 atom stereocenters. The number of hydrogen-bond acceptors (Lipinski definition) is 4. The molecule has 1 heterocycles. The van der Waals surface area contributed by atoms with E-state index in [9.17, 15) is 4.79 Å². The van der Waals surface area contributed by atoms with Crippen LogP contribution in [0.5, 0.6) is 0 Å². The van der Waals surface area contributed by atoms with Gasteiger partial charge in [0.1, 0.15) is 5.02 Å². The second-order valence-electron chi connectivity index (χ2n) is 4.44. The van der Waals surface area contributed by atoms with Gasteiger partial charge in [-0.15, -0.1) is 18.2 Å². The number of halogens is 1. The lowest BCUT2D eigenvalue weighted by molar-refractivity contribution is 0.464. The molecule has 0 spiro atoms. The standard InChI is InChI=1S/C13H18ClN3OS/c1-4-6-19-7-5-15-11-8-16-17(9-10(2)3)13(18)12(11)14/h1,8,10,15H,5-7,9H2,2-3H3. The Labute approximate surface area is 122 Å². The molecule has 19 heavy (non-hydrogen) atoms. The minimum atomic E-state index is -0.253. The Kier molecular flexibility index (Phi) is 6.82. The van der Waals surface area contributed by atoms with Crippen LogP contribution in [0.15, 0.2) is 11.0 Å². The fourth-order valence-corrected chi connectivity index (χ4v) is 2.17. The number of thioether (sulfide) groups is 1. The van der Waals surface area contributed by atoms with Gasteiger partial charge in [-0.3, -0.25) is 4.79 Å². The molecule has 0 unspecified atom stereocenters. The van der Waals surface area contributed by atoms with Crippen molar-refractivity contribution < 1.29 is 0 Å². The Morgan fingerprint density at radius 1 is 1.63 bits per heavy atom. The number of nitrogens with one attached hydrogen (secondary N) is 1. The molecule has 104 valence electrons. The van der Waals surface area contributed by atoms with E-state index in [2.05, 4.69) is 16.3 Å². The summed E-state index contributed by atoms with van der Waals surface area (Å²) in [6.07, 6.45) is 6.75. The molecule has 1 aromatic rings. The molecule has 1 rings (SSSR count). The molecule has 0 aliphatic carbocycles. The molecule has 0 aliphatic heterocycles. The molecule has 1 N–H and O–H groups in total. The number of terminal acetylenes is 1. The van der Waals surface area contributed by atoms with E-state index in [0.717, 1.165) is 5.75 Å². The van der Waals surface area contributed by atoms with E-state index in [1.807, 2.05) is 13.8 Å². The highest BCUT2D eigenvalue weighted by Gasteiger charge is 2.09. The quantitative estimate of drug-likeness (QED) is 0.620. The maximum Gasteiger partial charge on any atom is 0.287 e. The van der Waals surface area contributed by atoms with Crippen LogP contribution >= 0.6 is 23.4 Å². The van der Waals surface area contributed by atoms with E-state index >= 15 is 0 Å². The second kappa shape index (κ2) is 8.13. The third kappa shape index (κ3) is 5.17. The summed E-state index contributed by atoms with van der Waals surface area (Å²) in [5.41, 5.74) is 0.324. The third-order valence-corrected chi connectivity index (χ3v) is 3.50. The Bertz CT molecular complexity index is 508. The van der Waals surface area contributed by atoms with Gasteiger partial charge in [0.15, 0.2) is 0 Å². The zero-order valence-electron chi connectivity index (χ0n) is 11.1. The Hall–Kier alpha value is -1.12. The van der Waals surface area contributed by atoms with Gasteiger partial charge in [0.2, 0.25) is 0 Å². The maximum absolute atomic E-state index is 12.0. The van der Waals surface area contributed by atoms with Crippen LogP contribution < -0.4 is 10.9 Å². The molecule has 0 saturated carbocycles. The molecule has 0 aromatic carbocycles. The normalized spacial score (nSPS) is 10.5. The number of rotatable bonds is 7. The van der Waals surface area contributed by atoms with Gasteiger partial charge in [-0.25, -0.2) is 4.68 Å². The van der Waals surface area contributed by atoms with Gasteiger partial charge in [-0.1, -0.05) is 31.4 Å². The van der Waals surface area contributed by atoms with Crippen LogP contribution in [0.25, 0.3) is 0 Å². The third-order valence-electron chi connectivity index (χ3n) is 2.27. The average Bonchev–Trinajstić information content (AvgIpc) is 2.37. The van der Waals surface area contributed by atoms with Crippen molar-refractivity contribution in [3.05, 3.63) is 21.6 Å². The summed E-state index contributed by atoms with van der Waals surface area (Å²) in [6, 6.07) is 0. The molecular formula is C13H18ClN3OS. The minimum absolute atomic E-state index is 0.192. The van der Waals surface area contributed by atoms with Crippen LogP contribution in [0.2, 0.25) is 5.02 Å². The predicted octanol–water partition coefficient (Wildman–Crippen LogP) is 2.33. The zero-order valence-corrected chi connectivity index (χ0v) is 12.7. The Balaban J connectivity index is 2.64. The Morgan fingerprint density at radius 3 is 3.00 bits per heavy atom. The molecule has 0 amide bonds. The Morgan fingerprint density at radius 2 is 2.37 bits per heavy atom. The van der Waals surface area contributed by atoms with Gasteiger partial charge in [-0.05, 0) is 5.92 Å². The average molecular weight is 300 g/mol. The van der Waals surface area contributed by atoms with Crippen molar-refractivity contribution >= 4 is 29.1 Å². The lowest BCUT2D eigenvalue weighted by atomic mass is 10.2. The molecule has 0 radical (unpaired) electrons. The van der Waals surface area contributed by atoms with E-state index in [1.54, 1.807) is 18.0 Å². The zero-order chi connectivity index (χ0) is 14.3. The fourth-order valence-electron chi connectivity index (χ4n) is 1.45. The van der Waals surface area contributed by atoms with E-state index < -0.39 is 0 Å². The van der Waals surface area contributed by atoms with E-state index in [4.69, 9.17) is 18.0 Å². The molecule has 0 fully saturated rings. The van der Waals surface area contributed by atoms with Gasteiger partial charge in [0.05, 0.1) is 17.6 Å². The summed E-state index contributed by atoms with van der Waals surface area (Å²) in [4.78, 5) is 12.0. The molecule has 0 aliphatic rings. The van der Waals surface area contributed by atoms with E-state index in [1.165, 1.54) is 4.68 Å². The van der Waals surface area contributed by atoms with Crippen LogP contribution in [-0.2, 0) is 6.54 Å². The SMILES string of the molecule is C#CCSCCNc1cnn(CC(C)C)c(=O)c1Cl. The smallest absolute Gasteiger partial charge is 0.287 e. The molecule has 1 aromatic heterocycles. The highest BCUT2D eigenvalue weighted by Crippen LogP contribution is 2.15. The summed E-state index contributed by atoms with van der Waals surface area (Å²) in [5, 5.41) is 7.40. The summed E-state index contributed by atoms with van der Waals surface area (Å²) < 4.78 is 1.39. The summed E-state index contributed by atoms with van der Waals surface area (Å²) >= 11 is 7.70. The van der Waals surface area contributed by atoms with Gasteiger partial charge >= 0.3 is 0 Å².